The van der Waals surface area contributed by atoms with Crippen molar-refractivity contribution in [3.8, 4) is 0 Å². The van der Waals surface area contributed by atoms with Crippen molar-refractivity contribution in [3.05, 3.63) is 76.6 Å². The summed E-state index contributed by atoms with van der Waals surface area (Å²) >= 11 is 5.93. The van der Waals surface area contributed by atoms with Gasteiger partial charge in [0.25, 0.3) is 5.91 Å². The molecule has 0 spiro atoms. The Balaban J connectivity index is 2.64. The molecule has 0 saturated carbocycles. The summed E-state index contributed by atoms with van der Waals surface area (Å²) in [5, 5.41) is 5.01. The molecule has 0 aliphatic rings. The second-order valence-corrected chi connectivity index (χ2v) is 10.4. The Bertz CT molecular complexity index is 1300. The number of amides is 1. The predicted molar refractivity (Wildman–Crippen MR) is 152 cm³/mol. The van der Waals surface area contributed by atoms with Crippen molar-refractivity contribution >= 4 is 35.4 Å². The molecule has 0 fully saturated rings. The predicted octanol–water partition coefficient (Wildman–Crippen LogP) is 8.71. The summed E-state index contributed by atoms with van der Waals surface area (Å²) in [6.45, 7) is 10.8. The van der Waals surface area contributed by atoms with Crippen molar-refractivity contribution in [1.29, 1.82) is 0 Å². The molecule has 0 heterocycles. The topological polar surface area (TPSA) is 65.8 Å². The number of nitrogens with zero attached hydrogens (tertiary/aromatic N) is 2. The number of nitrogens with one attached hydrogen (secondary N) is 2. The number of alkyl halides is 6. The van der Waals surface area contributed by atoms with Crippen LogP contribution in [0.1, 0.15) is 57.0 Å². The first-order valence-electron chi connectivity index (χ1n) is 12.8. The van der Waals surface area contributed by atoms with Crippen LogP contribution in [0, 0.1) is 17.2 Å². The fourth-order valence-electron chi connectivity index (χ4n) is 4.58. The van der Waals surface area contributed by atoms with E-state index in [1.807, 2.05) is 0 Å². The van der Waals surface area contributed by atoms with E-state index < -0.39 is 59.0 Å². The number of anilines is 1. The first kappa shape index (κ1) is 34.8. The van der Waals surface area contributed by atoms with Crippen molar-refractivity contribution in [2.75, 3.05) is 5.32 Å². The van der Waals surface area contributed by atoms with Gasteiger partial charge in [-0.25, -0.2) is 9.38 Å². The maximum absolute atomic E-state index is 14.7. The Morgan fingerprint density at radius 2 is 1.69 bits per heavy atom. The molecule has 0 aromatic heterocycles. The van der Waals surface area contributed by atoms with E-state index in [-0.39, 0.29) is 28.3 Å². The summed E-state index contributed by atoms with van der Waals surface area (Å²) in [6, 6.07) is 4.16. The van der Waals surface area contributed by atoms with Gasteiger partial charge in [-0.3, -0.25) is 15.1 Å². The number of aliphatic imine (C=N–C) groups is 2. The summed E-state index contributed by atoms with van der Waals surface area (Å²) < 4.78 is 97.0. The van der Waals surface area contributed by atoms with Gasteiger partial charge >= 0.3 is 12.4 Å². The van der Waals surface area contributed by atoms with E-state index in [2.05, 4.69) is 27.2 Å². The van der Waals surface area contributed by atoms with Crippen molar-refractivity contribution in [2.24, 2.45) is 21.3 Å². The van der Waals surface area contributed by atoms with Crippen LogP contribution in [0.4, 0.5) is 36.4 Å². The van der Waals surface area contributed by atoms with E-state index in [4.69, 9.17) is 11.6 Å². The van der Waals surface area contributed by atoms with Gasteiger partial charge in [-0.15, -0.1) is 0 Å². The summed E-state index contributed by atoms with van der Waals surface area (Å²) in [4.78, 5) is 21.5. The molecular weight excluding hydrogens is 589 g/mol. The Morgan fingerprint density at radius 1 is 1.10 bits per heavy atom. The maximum atomic E-state index is 14.7. The zero-order chi connectivity index (χ0) is 32.0. The zero-order valence-corrected chi connectivity index (χ0v) is 24.3. The number of benzene rings is 2. The van der Waals surface area contributed by atoms with E-state index in [1.165, 1.54) is 33.1 Å². The normalized spacial score (nSPS) is 16.5. The standard InChI is InChI=1S/C29H32ClF7N4O/c1-7-23(38-8-2)27(6,29(35,36)37)17(5)24(16(3)4)40-26(39-22-14-20(30)13-21(31)15-22)41-25(42)18-9-11-19(12-10-18)28(32,33)34/h8-15,17,23-24H,3,7H2,1-2,4-6H3,(H2,39,40,41,42). The van der Waals surface area contributed by atoms with Gasteiger partial charge in [0.1, 0.15) is 5.82 Å². The molecule has 0 saturated heterocycles. The average molecular weight is 621 g/mol. The lowest BCUT2D eigenvalue weighted by Crippen LogP contribution is -2.52. The van der Waals surface area contributed by atoms with Crippen LogP contribution in [0.2, 0.25) is 5.02 Å². The van der Waals surface area contributed by atoms with Crippen LogP contribution in [0.3, 0.4) is 0 Å². The van der Waals surface area contributed by atoms with Gasteiger partial charge in [-0.2, -0.15) is 26.3 Å². The Kier molecular flexibility index (Phi) is 11.4. The summed E-state index contributed by atoms with van der Waals surface area (Å²) in [5.74, 6) is -3.36. The molecule has 4 atom stereocenters. The van der Waals surface area contributed by atoms with Crippen molar-refractivity contribution in [3.63, 3.8) is 0 Å². The lowest BCUT2D eigenvalue weighted by atomic mass is 9.67. The number of rotatable bonds is 9. The van der Waals surface area contributed by atoms with E-state index in [9.17, 15) is 35.5 Å². The molecule has 0 aliphatic heterocycles. The lowest BCUT2D eigenvalue weighted by molar-refractivity contribution is -0.243. The Morgan fingerprint density at radius 3 is 2.14 bits per heavy atom. The first-order chi connectivity index (χ1) is 19.3. The molecule has 2 aromatic carbocycles. The number of halogens is 8. The van der Waals surface area contributed by atoms with Crippen LogP contribution in [-0.2, 0) is 6.18 Å². The van der Waals surface area contributed by atoms with Gasteiger partial charge in [0.2, 0.25) is 5.96 Å². The monoisotopic (exact) mass is 620 g/mol. The highest BCUT2D eigenvalue weighted by Crippen LogP contribution is 2.51. The molecule has 0 bridgehead atoms. The molecule has 0 aliphatic carbocycles. The molecule has 2 aromatic rings. The van der Waals surface area contributed by atoms with Crippen LogP contribution in [0.25, 0.3) is 0 Å². The largest absolute Gasteiger partial charge is 0.416 e. The van der Waals surface area contributed by atoms with Gasteiger partial charge in [-0.05, 0) is 81.8 Å². The third kappa shape index (κ3) is 8.33. The number of hydrogen-bond acceptors (Lipinski definition) is 3. The van der Waals surface area contributed by atoms with Crippen LogP contribution in [0.15, 0.2) is 64.6 Å². The summed E-state index contributed by atoms with van der Waals surface area (Å²) in [6.07, 6.45) is -7.99. The zero-order valence-electron chi connectivity index (χ0n) is 23.6. The second kappa shape index (κ2) is 13.7. The average Bonchev–Trinajstić information content (AvgIpc) is 2.87. The highest BCUT2D eigenvalue weighted by Gasteiger charge is 2.60. The molecule has 4 unspecified atom stereocenters. The van der Waals surface area contributed by atoms with Gasteiger partial charge < -0.3 is 5.32 Å². The highest BCUT2D eigenvalue weighted by atomic mass is 35.5. The number of hydrogen-bond donors (Lipinski definition) is 2. The molecule has 13 heteroatoms. The highest BCUT2D eigenvalue weighted by molar-refractivity contribution is 6.31. The Hall–Kier alpha value is -3.41. The summed E-state index contributed by atoms with van der Waals surface area (Å²) in [5.41, 5.74) is -3.36. The van der Waals surface area contributed by atoms with Crippen molar-refractivity contribution in [1.82, 2.24) is 5.32 Å². The SMILES string of the molecule is C=C(C)C(N=C(NC(=O)c1ccc(C(F)(F)F)cc1)Nc1cc(F)cc(Cl)c1)C(C)C(C)(C(CC)N=CC)C(F)(F)F. The minimum Gasteiger partial charge on any atom is -0.326 e. The van der Waals surface area contributed by atoms with Crippen LogP contribution < -0.4 is 10.6 Å². The fraction of sp³-hybridized carbons (Fsp3) is 0.414. The first-order valence-corrected chi connectivity index (χ1v) is 13.2. The maximum Gasteiger partial charge on any atom is 0.416 e. The fourth-order valence-corrected chi connectivity index (χ4v) is 4.80. The third-order valence-corrected chi connectivity index (χ3v) is 7.26. The van der Waals surface area contributed by atoms with Gasteiger partial charge in [-0.1, -0.05) is 37.6 Å². The number of guanidine groups is 1. The second-order valence-electron chi connectivity index (χ2n) is 9.98. The lowest BCUT2D eigenvalue weighted by Gasteiger charge is -2.44. The molecule has 0 radical (unpaired) electrons. The van der Waals surface area contributed by atoms with Gasteiger partial charge in [0, 0.05) is 16.3 Å². The van der Waals surface area contributed by atoms with Crippen LogP contribution >= 0.6 is 11.6 Å². The quantitative estimate of drug-likeness (QED) is 0.127. The van der Waals surface area contributed by atoms with Crippen LogP contribution in [0.5, 0.6) is 0 Å². The Labute approximate surface area is 245 Å². The van der Waals surface area contributed by atoms with Gasteiger partial charge in [0.15, 0.2) is 0 Å². The summed E-state index contributed by atoms with van der Waals surface area (Å²) in [7, 11) is 0. The van der Waals surface area contributed by atoms with E-state index in [1.54, 1.807) is 6.92 Å². The number of carbonyl (C=O) groups excluding carboxylic acids is 1. The van der Waals surface area contributed by atoms with Crippen molar-refractivity contribution in [2.45, 2.75) is 65.5 Å². The molecule has 5 nitrogen and oxygen atoms in total. The van der Waals surface area contributed by atoms with E-state index in [0.717, 1.165) is 31.2 Å². The smallest absolute Gasteiger partial charge is 0.326 e. The molecule has 42 heavy (non-hydrogen) atoms. The molecular formula is C29H32ClF7N4O. The van der Waals surface area contributed by atoms with E-state index in [0.29, 0.717) is 12.1 Å². The van der Waals surface area contributed by atoms with Crippen LogP contribution in [-0.4, -0.2) is 36.3 Å². The third-order valence-electron chi connectivity index (χ3n) is 7.04. The number of carbonyl (C=O) groups is 1. The minimum absolute atomic E-state index is 0.000175. The van der Waals surface area contributed by atoms with Crippen molar-refractivity contribution < 1.29 is 35.5 Å². The molecule has 2 rings (SSSR count). The molecule has 1 amide bonds. The minimum atomic E-state index is -4.73. The molecule has 2 N–H and O–H groups in total. The molecule has 230 valence electrons. The van der Waals surface area contributed by atoms with Gasteiger partial charge in [0.05, 0.1) is 23.1 Å². The van der Waals surface area contributed by atoms with E-state index >= 15 is 0 Å².